The van der Waals surface area contributed by atoms with E-state index in [1.165, 1.54) is 6.20 Å². The van der Waals surface area contributed by atoms with Crippen molar-refractivity contribution in [3.63, 3.8) is 0 Å². The molecule has 0 aliphatic rings. The number of nitrogens with two attached hydrogens (primary N) is 1. The van der Waals surface area contributed by atoms with E-state index in [0.29, 0.717) is 5.56 Å². The number of carbonyl (C=O) groups excluding carboxylic acids is 1. The highest BCUT2D eigenvalue weighted by atomic mass is 16.4. The monoisotopic (exact) mass is 208 g/mol. The molecule has 80 valence electrons. The number of oxime groups is 1. The number of pyridine rings is 1. The molecule has 0 unspecified atom stereocenters. The summed E-state index contributed by atoms with van der Waals surface area (Å²) in [6.07, 6.45) is 3.11. The van der Waals surface area contributed by atoms with Gasteiger partial charge in [-0.25, -0.2) is 0 Å². The van der Waals surface area contributed by atoms with Gasteiger partial charge in [0.15, 0.2) is 5.84 Å². The number of nitrogens with one attached hydrogen (secondary N) is 1. The fourth-order valence-electron chi connectivity index (χ4n) is 0.987. The molecule has 1 amide bonds. The average Bonchev–Trinajstić information content (AvgIpc) is 2.25. The third-order valence-corrected chi connectivity index (χ3v) is 1.70. The summed E-state index contributed by atoms with van der Waals surface area (Å²) < 4.78 is 0. The molecular weight excluding hydrogens is 196 g/mol. The molecule has 0 radical (unpaired) electrons. The van der Waals surface area contributed by atoms with Crippen molar-refractivity contribution >= 4 is 11.7 Å². The zero-order valence-electron chi connectivity index (χ0n) is 8.27. The van der Waals surface area contributed by atoms with E-state index in [0.717, 1.165) is 5.56 Å². The van der Waals surface area contributed by atoms with Gasteiger partial charge in [-0.2, -0.15) is 0 Å². The molecule has 0 aromatic carbocycles. The van der Waals surface area contributed by atoms with Crippen LogP contribution >= 0.6 is 0 Å². The van der Waals surface area contributed by atoms with Crippen molar-refractivity contribution in [2.75, 3.05) is 6.54 Å². The third-order valence-electron chi connectivity index (χ3n) is 1.70. The summed E-state index contributed by atoms with van der Waals surface area (Å²) in [6.45, 7) is 1.84. The summed E-state index contributed by atoms with van der Waals surface area (Å²) >= 11 is 0. The van der Waals surface area contributed by atoms with Crippen LogP contribution in [0.3, 0.4) is 0 Å². The molecule has 0 bridgehead atoms. The number of hydrogen-bond donors (Lipinski definition) is 3. The lowest BCUT2D eigenvalue weighted by Gasteiger charge is -2.03. The van der Waals surface area contributed by atoms with Gasteiger partial charge in [0.2, 0.25) is 0 Å². The normalized spacial score (nSPS) is 11.1. The molecule has 0 saturated carbocycles. The van der Waals surface area contributed by atoms with Gasteiger partial charge < -0.3 is 16.3 Å². The van der Waals surface area contributed by atoms with E-state index in [4.69, 9.17) is 10.9 Å². The van der Waals surface area contributed by atoms with Crippen LogP contribution in [-0.2, 0) is 0 Å². The van der Waals surface area contributed by atoms with Crippen molar-refractivity contribution in [3.05, 3.63) is 29.6 Å². The number of amides is 1. The van der Waals surface area contributed by atoms with Crippen molar-refractivity contribution in [2.45, 2.75) is 6.92 Å². The standard InChI is InChI=1S/C9H12N4O2/c1-6-2-7(4-11-3-6)9(14)12-5-8(10)13-15/h2-4,15H,5H2,1H3,(H2,10,13)(H,12,14). The summed E-state index contributed by atoms with van der Waals surface area (Å²) in [5.41, 5.74) is 6.54. The van der Waals surface area contributed by atoms with E-state index in [2.05, 4.69) is 15.5 Å². The molecule has 0 aliphatic heterocycles. The van der Waals surface area contributed by atoms with Crippen LogP contribution in [0.1, 0.15) is 15.9 Å². The largest absolute Gasteiger partial charge is 0.409 e. The van der Waals surface area contributed by atoms with Crippen LogP contribution in [0.4, 0.5) is 0 Å². The smallest absolute Gasteiger partial charge is 0.253 e. The Bertz CT molecular complexity index is 389. The second-order valence-corrected chi connectivity index (χ2v) is 3.02. The van der Waals surface area contributed by atoms with Crippen molar-refractivity contribution in [2.24, 2.45) is 10.9 Å². The van der Waals surface area contributed by atoms with Gasteiger partial charge in [0, 0.05) is 12.4 Å². The minimum absolute atomic E-state index is 0.00325. The topological polar surface area (TPSA) is 101 Å². The Kier molecular flexibility index (Phi) is 3.61. The second kappa shape index (κ2) is 4.94. The van der Waals surface area contributed by atoms with E-state index >= 15 is 0 Å². The number of amidine groups is 1. The first-order valence-electron chi connectivity index (χ1n) is 4.29. The van der Waals surface area contributed by atoms with E-state index in [9.17, 15) is 4.79 Å². The van der Waals surface area contributed by atoms with Gasteiger partial charge in [-0.3, -0.25) is 9.78 Å². The van der Waals surface area contributed by atoms with Crippen LogP contribution in [0.15, 0.2) is 23.6 Å². The molecule has 6 heteroatoms. The minimum Gasteiger partial charge on any atom is -0.409 e. The highest BCUT2D eigenvalue weighted by molar-refractivity contribution is 5.96. The maximum atomic E-state index is 11.5. The second-order valence-electron chi connectivity index (χ2n) is 3.02. The summed E-state index contributed by atoms with van der Waals surface area (Å²) in [6, 6.07) is 1.70. The minimum atomic E-state index is -0.308. The van der Waals surface area contributed by atoms with E-state index < -0.39 is 0 Å². The number of nitrogens with zero attached hydrogens (tertiary/aromatic N) is 2. The molecule has 0 spiro atoms. The fourth-order valence-corrected chi connectivity index (χ4v) is 0.987. The summed E-state index contributed by atoms with van der Waals surface area (Å²) in [5.74, 6) is -0.359. The third kappa shape index (κ3) is 3.26. The zero-order valence-corrected chi connectivity index (χ0v) is 8.27. The number of aromatic nitrogens is 1. The first-order chi connectivity index (χ1) is 7.13. The van der Waals surface area contributed by atoms with Crippen LogP contribution in [0.2, 0.25) is 0 Å². The van der Waals surface area contributed by atoms with Gasteiger partial charge in [0.1, 0.15) is 0 Å². The quantitative estimate of drug-likeness (QED) is 0.278. The molecule has 1 heterocycles. The molecule has 0 fully saturated rings. The first-order valence-corrected chi connectivity index (χ1v) is 4.29. The van der Waals surface area contributed by atoms with Crippen molar-refractivity contribution in [1.82, 2.24) is 10.3 Å². The van der Waals surface area contributed by atoms with Crippen LogP contribution in [0.5, 0.6) is 0 Å². The molecule has 0 saturated heterocycles. The summed E-state index contributed by atoms with van der Waals surface area (Å²) in [5, 5.41) is 13.5. The molecule has 1 aromatic heterocycles. The highest BCUT2D eigenvalue weighted by Crippen LogP contribution is 2.00. The summed E-state index contributed by atoms with van der Waals surface area (Å²) in [4.78, 5) is 15.4. The molecule has 0 atom stereocenters. The number of rotatable bonds is 3. The van der Waals surface area contributed by atoms with Crippen LogP contribution < -0.4 is 11.1 Å². The Hall–Kier alpha value is -2.11. The van der Waals surface area contributed by atoms with E-state index in [1.54, 1.807) is 12.3 Å². The van der Waals surface area contributed by atoms with Crippen LogP contribution in [0.25, 0.3) is 0 Å². The lowest BCUT2D eigenvalue weighted by molar-refractivity contribution is 0.0958. The number of carbonyl (C=O) groups is 1. The average molecular weight is 208 g/mol. The molecule has 1 rings (SSSR count). The predicted octanol–water partition coefficient (Wildman–Crippen LogP) is -0.134. The Labute approximate surface area is 86.8 Å². The van der Waals surface area contributed by atoms with Gasteiger partial charge in [0.05, 0.1) is 12.1 Å². The molecule has 1 aromatic rings. The van der Waals surface area contributed by atoms with Gasteiger partial charge >= 0.3 is 0 Å². The summed E-state index contributed by atoms with van der Waals surface area (Å²) in [7, 11) is 0. The first kappa shape index (κ1) is 11.0. The van der Waals surface area contributed by atoms with Gasteiger partial charge in [0.25, 0.3) is 5.91 Å². The number of aryl methyl sites for hydroxylation is 1. The van der Waals surface area contributed by atoms with Crippen LogP contribution in [0, 0.1) is 6.92 Å². The Balaban J connectivity index is 2.62. The van der Waals surface area contributed by atoms with Crippen molar-refractivity contribution in [1.29, 1.82) is 0 Å². The lowest BCUT2D eigenvalue weighted by atomic mass is 10.2. The zero-order chi connectivity index (χ0) is 11.3. The van der Waals surface area contributed by atoms with Crippen molar-refractivity contribution in [3.8, 4) is 0 Å². The fraction of sp³-hybridized carbons (Fsp3) is 0.222. The number of hydrogen-bond acceptors (Lipinski definition) is 4. The van der Waals surface area contributed by atoms with Crippen molar-refractivity contribution < 1.29 is 10.0 Å². The Morgan fingerprint density at radius 1 is 1.67 bits per heavy atom. The highest BCUT2D eigenvalue weighted by Gasteiger charge is 2.05. The maximum Gasteiger partial charge on any atom is 0.253 e. The van der Waals surface area contributed by atoms with E-state index in [-0.39, 0.29) is 18.3 Å². The van der Waals surface area contributed by atoms with Gasteiger partial charge in [-0.15, -0.1) is 0 Å². The van der Waals surface area contributed by atoms with E-state index in [1.807, 2.05) is 6.92 Å². The Morgan fingerprint density at radius 2 is 2.40 bits per heavy atom. The molecule has 6 nitrogen and oxygen atoms in total. The molecule has 15 heavy (non-hydrogen) atoms. The van der Waals surface area contributed by atoms with Crippen LogP contribution in [-0.4, -0.2) is 28.5 Å². The molecular formula is C9H12N4O2. The SMILES string of the molecule is Cc1cncc(C(=O)NCC(N)=NO)c1. The predicted molar refractivity (Wildman–Crippen MR) is 54.7 cm³/mol. The Morgan fingerprint density at radius 3 is 3.00 bits per heavy atom. The molecule has 0 aliphatic carbocycles. The van der Waals surface area contributed by atoms with Gasteiger partial charge in [-0.05, 0) is 18.6 Å². The molecule has 4 N–H and O–H groups in total. The lowest BCUT2D eigenvalue weighted by Crippen LogP contribution is -2.33. The maximum absolute atomic E-state index is 11.5. The van der Waals surface area contributed by atoms with Gasteiger partial charge in [-0.1, -0.05) is 5.16 Å².